The molecule has 2 aromatic heterocycles. The highest BCUT2D eigenvalue weighted by molar-refractivity contribution is 5.79. The molecular weight excluding hydrogens is 362 g/mol. The zero-order valence-corrected chi connectivity index (χ0v) is 17.3. The lowest BCUT2D eigenvalue weighted by Crippen LogP contribution is -2.38. The fraction of sp³-hybridized carbons (Fsp3) is 0.391. The predicted octanol–water partition coefficient (Wildman–Crippen LogP) is 3.60. The van der Waals surface area contributed by atoms with Crippen molar-refractivity contribution >= 4 is 11.6 Å². The van der Waals surface area contributed by atoms with Gasteiger partial charge in [-0.05, 0) is 38.0 Å². The SMILES string of the molecule is CCNC(=NCCCOC(C)c1ccccc1)NCCc1cn2ccccc2n1. The highest BCUT2D eigenvalue weighted by Crippen LogP contribution is 2.15. The smallest absolute Gasteiger partial charge is 0.191 e. The number of hydrogen-bond acceptors (Lipinski definition) is 3. The fourth-order valence-electron chi connectivity index (χ4n) is 3.09. The molecule has 0 saturated heterocycles. The Balaban J connectivity index is 1.38. The number of pyridine rings is 1. The van der Waals surface area contributed by atoms with Gasteiger partial charge in [-0.2, -0.15) is 0 Å². The van der Waals surface area contributed by atoms with E-state index in [1.54, 1.807) is 0 Å². The molecule has 2 heterocycles. The second-order valence-corrected chi connectivity index (χ2v) is 6.91. The molecule has 6 nitrogen and oxygen atoms in total. The van der Waals surface area contributed by atoms with Crippen LogP contribution >= 0.6 is 0 Å². The Morgan fingerprint density at radius 2 is 1.97 bits per heavy atom. The molecule has 0 aliphatic carbocycles. The summed E-state index contributed by atoms with van der Waals surface area (Å²) in [7, 11) is 0. The van der Waals surface area contributed by atoms with Crippen molar-refractivity contribution in [1.82, 2.24) is 20.0 Å². The van der Waals surface area contributed by atoms with Crippen LogP contribution in [0.3, 0.4) is 0 Å². The molecule has 6 heteroatoms. The highest BCUT2D eigenvalue weighted by atomic mass is 16.5. The molecule has 0 saturated carbocycles. The van der Waals surface area contributed by atoms with Crippen LogP contribution in [0.5, 0.6) is 0 Å². The molecule has 0 fully saturated rings. The molecule has 29 heavy (non-hydrogen) atoms. The van der Waals surface area contributed by atoms with Crippen LogP contribution in [0.25, 0.3) is 5.65 Å². The van der Waals surface area contributed by atoms with Gasteiger partial charge >= 0.3 is 0 Å². The number of benzene rings is 1. The molecule has 0 amide bonds. The molecule has 1 atom stereocenters. The summed E-state index contributed by atoms with van der Waals surface area (Å²) in [4.78, 5) is 9.28. The predicted molar refractivity (Wildman–Crippen MR) is 118 cm³/mol. The summed E-state index contributed by atoms with van der Waals surface area (Å²) in [5, 5.41) is 6.68. The summed E-state index contributed by atoms with van der Waals surface area (Å²) in [6.07, 6.45) is 5.94. The van der Waals surface area contributed by atoms with E-state index in [0.29, 0.717) is 6.61 Å². The van der Waals surface area contributed by atoms with Crippen LogP contribution in [0.2, 0.25) is 0 Å². The molecule has 2 N–H and O–H groups in total. The molecule has 0 radical (unpaired) electrons. The van der Waals surface area contributed by atoms with E-state index >= 15 is 0 Å². The highest BCUT2D eigenvalue weighted by Gasteiger charge is 2.05. The van der Waals surface area contributed by atoms with Gasteiger partial charge in [0.15, 0.2) is 5.96 Å². The minimum atomic E-state index is 0.108. The second kappa shape index (κ2) is 11.2. The van der Waals surface area contributed by atoms with Crippen LogP contribution in [0.15, 0.2) is 65.9 Å². The molecule has 0 aliphatic rings. The Morgan fingerprint density at radius 3 is 2.76 bits per heavy atom. The van der Waals surface area contributed by atoms with Gasteiger partial charge in [0.2, 0.25) is 0 Å². The van der Waals surface area contributed by atoms with E-state index in [9.17, 15) is 0 Å². The van der Waals surface area contributed by atoms with E-state index in [1.807, 2.05) is 47.0 Å². The second-order valence-electron chi connectivity index (χ2n) is 6.91. The minimum absolute atomic E-state index is 0.108. The molecular formula is C23H31N5O. The fourth-order valence-corrected chi connectivity index (χ4v) is 3.09. The molecule has 3 aromatic rings. The lowest BCUT2D eigenvalue weighted by molar-refractivity contribution is 0.0652. The van der Waals surface area contributed by atoms with Crippen molar-refractivity contribution < 1.29 is 4.74 Å². The van der Waals surface area contributed by atoms with E-state index in [1.165, 1.54) is 5.56 Å². The van der Waals surface area contributed by atoms with Gasteiger partial charge in [-0.25, -0.2) is 4.98 Å². The van der Waals surface area contributed by atoms with Crippen molar-refractivity contribution in [3.8, 4) is 0 Å². The number of ether oxygens (including phenoxy) is 1. The first-order valence-corrected chi connectivity index (χ1v) is 10.4. The first-order valence-electron chi connectivity index (χ1n) is 10.4. The first-order chi connectivity index (χ1) is 14.3. The average molecular weight is 394 g/mol. The quantitative estimate of drug-likeness (QED) is 0.314. The molecule has 154 valence electrons. The van der Waals surface area contributed by atoms with Crippen LogP contribution < -0.4 is 10.6 Å². The van der Waals surface area contributed by atoms with Crippen molar-refractivity contribution in [2.24, 2.45) is 4.99 Å². The van der Waals surface area contributed by atoms with E-state index in [2.05, 4.69) is 52.8 Å². The topological polar surface area (TPSA) is 63.0 Å². The largest absolute Gasteiger partial charge is 0.374 e. The Hall–Kier alpha value is -2.86. The zero-order chi connectivity index (χ0) is 20.3. The van der Waals surface area contributed by atoms with Gasteiger partial charge < -0.3 is 19.8 Å². The number of rotatable bonds is 10. The molecule has 1 unspecified atom stereocenters. The van der Waals surface area contributed by atoms with Crippen LogP contribution in [-0.4, -0.2) is 41.6 Å². The summed E-state index contributed by atoms with van der Waals surface area (Å²) in [6, 6.07) is 16.3. The van der Waals surface area contributed by atoms with Crippen molar-refractivity contribution in [1.29, 1.82) is 0 Å². The van der Waals surface area contributed by atoms with Crippen LogP contribution in [-0.2, 0) is 11.2 Å². The van der Waals surface area contributed by atoms with E-state index in [-0.39, 0.29) is 6.10 Å². The summed E-state index contributed by atoms with van der Waals surface area (Å²) < 4.78 is 7.96. The maximum absolute atomic E-state index is 5.92. The van der Waals surface area contributed by atoms with E-state index in [4.69, 9.17) is 4.74 Å². The maximum Gasteiger partial charge on any atom is 0.191 e. The van der Waals surface area contributed by atoms with Crippen molar-refractivity contribution in [2.45, 2.75) is 32.8 Å². The zero-order valence-electron chi connectivity index (χ0n) is 17.3. The minimum Gasteiger partial charge on any atom is -0.374 e. The van der Waals surface area contributed by atoms with Crippen molar-refractivity contribution in [2.75, 3.05) is 26.2 Å². The van der Waals surface area contributed by atoms with E-state index in [0.717, 1.165) is 49.8 Å². The van der Waals surface area contributed by atoms with Gasteiger partial charge in [0.05, 0.1) is 11.8 Å². The van der Waals surface area contributed by atoms with Crippen LogP contribution in [0.1, 0.15) is 37.6 Å². The normalized spacial score (nSPS) is 12.8. The monoisotopic (exact) mass is 393 g/mol. The first kappa shape index (κ1) is 20.9. The Kier molecular flexibility index (Phi) is 8.07. The van der Waals surface area contributed by atoms with Crippen LogP contribution in [0, 0.1) is 0 Å². The molecule has 1 aromatic carbocycles. The third-order valence-corrected chi connectivity index (χ3v) is 4.64. The van der Waals surface area contributed by atoms with Gasteiger partial charge in [0.25, 0.3) is 0 Å². The van der Waals surface area contributed by atoms with Gasteiger partial charge in [0.1, 0.15) is 5.65 Å². The third kappa shape index (κ3) is 6.61. The number of guanidine groups is 1. The Bertz CT molecular complexity index is 857. The molecule has 0 aliphatic heterocycles. The standard InChI is InChI=1S/C23H31N5O/c1-3-24-23(25-14-9-17-29-19(2)20-10-5-4-6-11-20)26-15-13-21-18-28-16-8-7-12-22(28)27-21/h4-8,10-12,16,18-19H,3,9,13-15,17H2,1-2H3,(H2,24,25,26). The Labute approximate surface area is 173 Å². The number of imidazole rings is 1. The summed E-state index contributed by atoms with van der Waals surface area (Å²) in [5.41, 5.74) is 3.26. The van der Waals surface area contributed by atoms with Gasteiger partial charge in [-0.1, -0.05) is 36.4 Å². The lowest BCUT2D eigenvalue weighted by Gasteiger charge is -2.13. The molecule has 3 rings (SSSR count). The van der Waals surface area contributed by atoms with Crippen molar-refractivity contribution in [3.63, 3.8) is 0 Å². The summed E-state index contributed by atoms with van der Waals surface area (Å²) >= 11 is 0. The molecule has 0 bridgehead atoms. The number of aromatic nitrogens is 2. The summed E-state index contributed by atoms with van der Waals surface area (Å²) in [5.74, 6) is 0.840. The number of hydrogen-bond donors (Lipinski definition) is 2. The number of nitrogens with one attached hydrogen (secondary N) is 2. The number of fused-ring (bicyclic) bond motifs is 1. The van der Waals surface area contributed by atoms with Gasteiger partial charge in [-0.3, -0.25) is 4.99 Å². The molecule has 0 spiro atoms. The lowest BCUT2D eigenvalue weighted by atomic mass is 10.1. The number of nitrogens with zero attached hydrogens (tertiary/aromatic N) is 3. The van der Waals surface area contributed by atoms with Crippen molar-refractivity contribution in [3.05, 3.63) is 72.2 Å². The van der Waals surface area contributed by atoms with Crippen LogP contribution in [0.4, 0.5) is 0 Å². The van der Waals surface area contributed by atoms with Gasteiger partial charge in [0, 0.05) is 45.1 Å². The van der Waals surface area contributed by atoms with E-state index < -0.39 is 0 Å². The number of aliphatic imine (C=N–C) groups is 1. The van der Waals surface area contributed by atoms with Gasteiger partial charge in [-0.15, -0.1) is 0 Å². The summed E-state index contributed by atoms with van der Waals surface area (Å²) in [6.45, 7) is 7.21. The average Bonchev–Trinajstić information content (AvgIpc) is 3.16. The third-order valence-electron chi connectivity index (χ3n) is 4.64. The Morgan fingerprint density at radius 1 is 1.14 bits per heavy atom. The maximum atomic E-state index is 5.92.